The number of carbonyl (C=O) groups is 1. The maximum atomic E-state index is 11.8. The van der Waals surface area contributed by atoms with Crippen LogP contribution in [-0.4, -0.2) is 21.4 Å². The number of nitrogens with one attached hydrogen (secondary N) is 1. The predicted octanol–water partition coefficient (Wildman–Crippen LogP) is 4.37. The number of para-hydroxylation sites is 1. The molecule has 1 N–H and O–H groups in total. The van der Waals surface area contributed by atoms with Gasteiger partial charge in [0.15, 0.2) is 0 Å². The smallest absolute Gasteiger partial charge is 0.309 e. The highest BCUT2D eigenvalue weighted by atomic mass is 35.6. The molecule has 0 saturated carbocycles. The molecule has 21 heavy (non-hydrogen) atoms. The van der Waals surface area contributed by atoms with Crippen LogP contribution >= 0.6 is 48.3 Å². The molecule has 7 heteroatoms. The molecule has 2 rings (SSSR count). The second kappa shape index (κ2) is 7.63. The number of halogens is 3. The SMILES string of the molecule is C[C@@H](Cc1c[nH]c2ccccc12)C(=O)OCC(Cl)(Cl)Cl.S. The van der Waals surface area contributed by atoms with Crippen LogP contribution in [0.15, 0.2) is 30.5 Å². The van der Waals surface area contributed by atoms with Gasteiger partial charge in [-0.3, -0.25) is 4.79 Å². The lowest BCUT2D eigenvalue weighted by atomic mass is 10.0. The minimum atomic E-state index is -1.57. The fourth-order valence-corrected chi connectivity index (χ4v) is 2.17. The van der Waals surface area contributed by atoms with Crippen LogP contribution in [-0.2, 0) is 16.0 Å². The van der Waals surface area contributed by atoms with Gasteiger partial charge in [-0.05, 0) is 18.1 Å². The molecule has 0 aliphatic rings. The topological polar surface area (TPSA) is 42.1 Å². The summed E-state index contributed by atoms with van der Waals surface area (Å²) in [6, 6.07) is 7.93. The van der Waals surface area contributed by atoms with E-state index >= 15 is 0 Å². The van der Waals surface area contributed by atoms with Gasteiger partial charge in [-0.25, -0.2) is 0 Å². The molecular formula is C14H16Cl3NO2S. The Morgan fingerprint density at radius 2 is 2.00 bits per heavy atom. The molecular weight excluding hydrogens is 353 g/mol. The van der Waals surface area contributed by atoms with Gasteiger partial charge in [0.25, 0.3) is 0 Å². The van der Waals surface area contributed by atoms with Gasteiger partial charge in [-0.15, -0.1) is 0 Å². The van der Waals surface area contributed by atoms with Crippen LogP contribution in [0.2, 0.25) is 0 Å². The summed E-state index contributed by atoms with van der Waals surface area (Å²) in [4.78, 5) is 15.0. The zero-order valence-electron chi connectivity index (χ0n) is 11.3. The standard InChI is InChI=1S/C14H14Cl3NO2.H2S/c1-9(13(19)20-8-14(15,16)17)6-10-7-18-12-5-3-2-4-11(10)12;/h2-5,7,9,18H,6,8H2,1H3;1H2/t9-;/m0./s1. The van der Waals surface area contributed by atoms with E-state index in [0.29, 0.717) is 6.42 Å². The van der Waals surface area contributed by atoms with Crippen LogP contribution in [0.4, 0.5) is 0 Å². The first-order chi connectivity index (χ1) is 9.37. The largest absolute Gasteiger partial charge is 0.461 e. The van der Waals surface area contributed by atoms with E-state index in [9.17, 15) is 4.79 Å². The maximum absolute atomic E-state index is 11.8. The van der Waals surface area contributed by atoms with Crippen molar-refractivity contribution in [2.45, 2.75) is 17.1 Å². The lowest BCUT2D eigenvalue weighted by molar-refractivity contribution is -0.147. The number of esters is 1. The molecule has 2 aromatic rings. The number of fused-ring (bicyclic) bond motifs is 1. The summed E-state index contributed by atoms with van der Waals surface area (Å²) in [6.07, 6.45) is 2.48. The Morgan fingerprint density at radius 3 is 2.67 bits per heavy atom. The molecule has 116 valence electrons. The average molecular weight is 369 g/mol. The highest BCUT2D eigenvalue weighted by Crippen LogP contribution is 2.27. The number of aromatic amines is 1. The quantitative estimate of drug-likeness (QED) is 0.643. The highest BCUT2D eigenvalue weighted by molar-refractivity contribution is 7.59. The zero-order valence-corrected chi connectivity index (χ0v) is 14.6. The lowest BCUT2D eigenvalue weighted by Crippen LogP contribution is -2.22. The van der Waals surface area contributed by atoms with Crippen LogP contribution in [0.3, 0.4) is 0 Å². The molecule has 3 nitrogen and oxygen atoms in total. The molecule has 0 aliphatic heterocycles. The Balaban J connectivity index is 0.00000220. The van der Waals surface area contributed by atoms with Crippen molar-refractivity contribution in [1.82, 2.24) is 4.98 Å². The van der Waals surface area contributed by atoms with Crippen LogP contribution in [0.1, 0.15) is 12.5 Å². The number of alkyl halides is 3. The minimum Gasteiger partial charge on any atom is -0.461 e. The van der Waals surface area contributed by atoms with Crippen LogP contribution in [0.25, 0.3) is 10.9 Å². The first kappa shape index (κ1) is 18.5. The summed E-state index contributed by atoms with van der Waals surface area (Å²) >= 11 is 16.7. The summed E-state index contributed by atoms with van der Waals surface area (Å²) in [5, 5.41) is 1.11. The predicted molar refractivity (Wildman–Crippen MR) is 92.8 cm³/mol. The van der Waals surface area contributed by atoms with Gasteiger partial charge in [0.1, 0.15) is 6.61 Å². The van der Waals surface area contributed by atoms with E-state index in [2.05, 4.69) is 4.98 Å². The fourth-order valence-electron chi connectivity index (χ4n) is 2.01. The van der Waals surface area contributed by atoms with Crippen molar-refractivity contribution in [2.24, 2.45) is 5.92 Å². The first-order valence-corrected chi connectivity index (χ1v) is 7.28. The highest BCUT2D eigenvalue weighted by Gasteiger charge is 2.24. The molecule has 0 spiro atoms. The third kappa shape index (κ3) is 5.29. The van der Waals surface area contributed by atoms with E-state index < -0.39 is 3.79 Å². The normalized spacial score (nSPS) is 12.8. The summed E-state index contributed by atoms with van der Waals surface area (Å²) in [7, 11) is 0. The maximum Gasteiger partial charge on any atom is 0.309 e. The molecule has 1 atom stereocenters. The Kier molecular flexibility index (Phi) is 6.72. The molecule has 0 fully saturated rings. The van der Waals surface area contributed by atoms with Gasteiger partial charge in [0.05, 0.1) is 5.92 Å². The van der Waals surface area contributed by atoms with Gasteiger partial charge in [0, 0.05) is 17.1 Å². The Morgan fingerprint density at radius 1 is 1.33 bits per heavy atom. The van der Waals surface area contributed by atoms with Gasteiger partial charge >= 0.3 is 5.97 Å². The second-order valence-corrected chi connectivity index (χ2v) is 7.20. The third-order valence-electron chi connectivity index (χ3n) is 2.98. The number of aromatic nitrogens is 1. The van der Waals surface area contributed by atoms with Crippen molar-refractivity contribution < 1.29 is 9.53 Å². The molecule has 0 saturated heterocycles. The van der Waals surface area contributed by atoms with Crippen LogP contribution in [0.5, 0.6) is 0 Å². The molecule has 0 radical (unpaired) electrons. The minimum absolute atomic E-state index is 0. The Bertz CT molecular complexity index is 610. The van der Waals surface area contributed by atoms with Crippen molar-refractivity contribution in [3.05, 3.63) is 36.0 Å². The summed E-state index contributed by atoms with van der Waals surface area (Å²) in [5.41, 5.74) is 2.11. The number of hydrogen-bond donors (Lipinski definition) is 1. The van der Waals surface area contributed by atoms with E-state index in [0.717, 1.165) is 16.5 Å². The number of benzene rings is 1. The fraction of sp³-hybridized carbons (Fsp3) is 0.357. The van der Waals surface area contributed by atoms with Crippen molar-refractivity contribution in [3.8, 4) is 0 Å². The van der Waals surface area contributed by atoms with E-state index in [1.807, 2.05) is 30.5 Å². The zero-order chi connectivity index (χ0) is 14.8. The van der Waals surface area contributed by atoms with Gasteiger partial charge in [0.2, 0.25) is 3.79 Å². The molecule has 1 aromatic heterocycles. The van der Waals surface area contributed by atoms with E-state index in [1.54, 1.807) is 6.92 Å². The Labute approximate surface area is 145 Å². The molecule has 0 aliphatic carbocycles. The summed E-state index contributed by atoms with van der Waals surface area (Å²) in [6.45, 7) is 1.55. The first-order valence-electron chi connectivity index (χ1n) is 6.15. The van der Waals surface area contributed by atoms with Crippen molar-refractivity contribution >= 4 is 65.2 Å². The average Bonchev–Trinajstić information content (AvgIpc) is 2.78. The summed E-state index contributed by atoms with van der Waals surface area (Å²) in [5.74, 6) is -0.678. The second-order valence-electron chi connectivity index (χ2n) is 4.69. The number of ether oxygens (including phenoxy) is 1. The molecule has 0 unspecified atom stereocenters. The summed E-state index contributed by atoms with van der Waals surface area (Å²) < 4.78 is 3.41. The van der Waals surface area contributed by atoms with E-state index in [4.69, 9.17) is 39.5 Å². The molecule has 0 amide bonds. The van der Waals surface area contributed by atoms with Crippen LogP contribution in [0, 0.1) is 5.92 Å². The number of hydrogen-bond acceptors (Lipinski definition) is 2. The van der Waals surface area contributed by atoms with E-state index in [1.165, 1.54) is 0 Å². The van der Waals surface area contributed by atoms with Crippen molar-refractivity contribution in [2.75, 3.05) is 6.61 Å². The van der Waals surface area contributed by atoms with E-state index in [-0.39, 0.29) is 32.0 Å². The van der Waals surface area contributed by atoms with Crippen molar-refractivity contribution in [1.29, 1.82) is 0 Å². The molecule has 0 bridgehead atoms. The van der Waals surface area contributed by atoms with Gasteiger partial charge in [-0.1, -0.05) is 59.9 Å². The third-order valence-corrected chi connectivity index (χ3v) is 3.31. The lowest BCUT2D eigenvalue weighted by Gasteiger charge is -2.14. The monoisotopic (exact) mass is 367 g/mol. The van der Waals surface area contributed by atoms with Crippen molar-refractivity contribution in [3.63, 3.8) is 0 Å². The number of H-pyrrole nitrogens is 1. The van der Waals surface area contributed by atoms with Gasteiger partial charge < -0.3 is 9.72 Å². The number of rotatable bonds is 4. The molecule has 1 aromatic carbocycles. The Hall–Kier alpha value is -0.550. The van der Waals surface area contributed by atoms with Crippen LogP contribution < -0.4 is 0 Å². The van der Waals surface area contributed by atoms with Gasteiger partial charge in [-0.2, -0.15) is 13.5 Å². The molecule has 1 heterocycles. The number of carbonyl (C=O) groups excluding carboxylic acids is 1.